The monoisotopic (exact) mass is 257 g/mol. The second-order valence-electron chi connectivity index (χ2n) is 4.79. The Kier molecular flexibility index (Phi) is 4.15. The van der Waals surface area contributed by atoms with Crippen LogP contribution in [0.2, 0.25) is 0 Å². The van der Waals surface area contributed by atoms with Gasteiger partial charge in [0.2, 0.25) is 0 Å². The Morgan fingerprint density at radius 1 is 1.47 bits per heavy atom. The van der Waals surface area contributed by atoms with Crippen molar-refractivity contribution < 1.29 is 9.18 Å². The molecule has 1 rings (SSSR count). The van der Waals surface area contributed by atoms with Crippen molar-refractivity contribution in [2.45, 2.75) is 26.3 Å². The van der Waals surface area contributed by atoms with Gasteiger partial charge < -0.3 is 4.90 Å². The molecule has 94 valence electrons. The smallest absolute Gasteiger partial charge is 0.257 e. The summed E-state index contributed by atoms with van der Waals surface area (Å²) in [7, 11) is 1.63. The minimum atomic E-state index is -0.505. The first-order chi connectivity index (χ1) is 7.79. The van der Waals surface area contributed by atoms with E-state index in [1.54, 1.807) is 19.2 Å². The third-order valence-corrected chi connectivity index (χ3v) is 3.55. The van der Waals surface area contributed by atoms with Gasteiger partial charge in [0, 0.05) is 12.9 Å². The Morgan fingerprint density at radius 2 is 2.06 bits per heavy atom. The van der Waals surface area contributed by atoms with Crippen molar-refractivity contribution in [3.05, 3.63) is 35.1 Å². The number of amides is 1. The normalized spacial score (nSPS) is 11.4. The van der Waals surface area contributed by atoms with E-state index in [0.29, 0.717) is 5.88 Å². The number of hydrogen-bond donors (Lipinski definition) is 0. The second-order valence-corrected chi connectivity index (χ2v) is 5.06. The summed E-state index contributed by atoms with van der Waals surface area (Å²) in [6.45, 7) is 5.50. The molecule has 0 N–H and O–H groups in total. The van der Waals surface area contributed by atoms with Crippen LogP contribution in [0.25, 0.3) is 0 Å². The number of carbonyl (C=O) groups is 1. The Morgan fingerprint density at radius 3 is 2.59 bits per heavy atom. The van der Waals surface area contributed by atoms with Gasteiger partial charge in [0.25, 0.3) is 5.91 Å². The molecule has 2 nitrogen and oxygen atoms in total. The summed E-state index contributed by atoms with van der Waals surface area (Å²) in [5.41, 5.74) is 0.437. The highest BCUT2D eigenvalue weighted by Gasteiger charge is 2.28. The zero-order valence-corrected chi connectivity index (χ0v) is 11.3. The quantitative estimate of drug-likeness (QED) is 0.762. The van der Waals surface area contributed by atoms with Crippen LogP contribution in [0.3, 0.4) is 0 Å². The largest absolute Gasteiger partial charge is 0.335 e. The van der Waals surface area contributed by atoms with Gasteiger partial charge in [-0.1, -0.05) is 11.6 Å². The lowest BCUT2D eigenvalue weighted by Crippen LogP contribution is -2.46. The average molecular weight is 258 g/mol. The Bertz CT molecular complexity index is 431. The number of hydrogen-bond acceptors (Lipinski definition) is 1. The molecule has 4 heteroatoms. The van der Waals surface area contributed by atoms with Crippen LogP contribution >= 0.6 is 11.6 Å². The molecule has 0 aliphatic carbocycles. The maximum absolute atomic E-state index is 13.6. The molecule has 0 heterocycles. The summed E-state index contributed by atoms with van der Waals surface area (Å²) in [6, 6.07) is 4.50. The minimum Gasteiger partial charge on any atom is -0.335 e. The van der Waals surface area contributed by atoms with Crippen LogP contribution < -0.4 is 0 Å². The Labute approximate surface area is 106 Å². The van der Waals surface area contributed by atoms with Crippen molar-refractivity contribution in [2.24, 2.45) is 0 Å². The van der Waals surface area contributed by atoms with Crippen LogP contribution in [-0.2, 0) is 0 Å². The van der Waals surface area contributed by atoms with Crippen LogP contribution in [0.15, 0.2) is 18.2 Å². The molecular weight excluding hydrogens is 241 g/mol. The molecule has 0 radical (unpaired) electrons. The number of nitrogens with zero attached hydrogens (tertiary/aromatic N) is 1. The number of aryl methyl sites for hydroxylation is 1. The van der Waals surface area contributed by atoms with Crippen molar-refractivity contribution in [1.82, 2.24) is 4.90 Å². The number of rotatable bonds is 3. The molecule has 17 heavy (non-hydrogen) atoms. The molecule has 0 aliphatic rings. The predicted molar refractivity (Wildman–Crippen MR) is 68.0 cm³/mol. The lowest BCUT2D eigenvalue weighted by Gasteiger charge is -2.34. The zero-order chi connectivity index (χ0) is 13.2. The van der Waals surface area contributed by atoms with Gasteiger partial charge in [0.15, 0.2) is 0 Å². The first-order valence-corrected chi connectivity index (χ1v) is 5.93. The fourth-order valence-electron chi connectivity index (χ4n) is 1.35. The van der Waals surface area contributed by atoms with Crippen LogP contribution in [-0.4, -0.2) is 29.3 Å². The van der Waals surface area contributed by atoms with E-state index in [1.807, 2.05) is 20.8 Å². The van der Waals surface area contributed by atoms with Crippen molar-refractivity contribution in [3.63, 3.8) is 0 Å². The molecular formula is C13H17ClFNO. The van der Waals surface area contributed by atoms with Gasteiger partial charge in [-0.2, -0.15) is 0 Å². The van der Waals surface area contributed by atoms with E-state index in [2.05, 4.69) is 0 Å². The molecule has 0 saturated heterocycles. The Hall–Kier alpha value is -1.09. The van der Waals surface area contributed by atoms with E-state index in [4.69, 9.17) is 11.6 Å². The first-order valence-electron chi connectivity index (χ1n) is 5.40. The molecule has 1 aromatic rings. The van der Waals surface area contributed by atoms with Crippen molar-refractivity contribution in [2.75, 3.05) is 12.9 Å². The molecule has 0 aromatic heterocycles. The zero-order valence-electron chi connectivity index (χ0n) is 10.6. The summed E-state index contributed by atoms with van der Waals surface area (Å²) in [6.07, 6.45) is 0. The van der Waals surface area contributed by atoms with Crippen molar-refractivity contribution >= 4 is 17.5 Å². The standard InChI is InChI=1S/C13H17ClFNO/c1-9-5-6-11(15)10(7-9)12(17)16(4)13(2,3)8-14/h5-7H,8H2,1-4H3. The number of carbonyl (C=O) groups excluding carboxylic acids is 1. The topological polar surface area (TPSA) is 20.3 Å². The van der Waals surface area contributed by atoms with Gasteiger partial charge in [-0.05, 0) is 32.9 Å². The molecule has 0 fully saturated rings. The lowest BCUT2D eigenvalue weighted by atomic mass is 10.0. The van der Waals surface area contributed by atoms with Crippen LogP contribution in [0.4, 0.5) is 4.39 Å². The highest BCUT2D eigenvalue weighted by molar-refractivity contribution is 6.18. The van der Waals surface area contributed by atoms with Crippen LogP contribution in [0.5, 0.6) is 0 Å². The van der Waals surface area contributed by atoms with E-state index in [1.165, 1.54) is 11.0 Å². The van der Waals surface area contributed by atoms with Crippen LogP contribution in [0.1, 0.15) is 29.8 Å². The number of benzene rings is 1. The summed E-state index contributed by atoms with van der Waals surface area (Å²) in [4.78, 5) is 13.6. The first kappa shape index (κ1) is 14.0. The number of alkyl halides is 1. The van der Waals surface area contributed by atoms with E-state index >= 15 is 0 Å². The summed E-state index contributed by atoms with van der Waals surface area (Å²) < 4.78 is 13.6. The molecule has 0 spiro atoms. The van der Waals surface area contributed by atoms with E-state index in [0.717, 1.165) is 5.56 Å². The van der Waals surface area contributed by atoms with Crippen molar-refractivity contribution in [1.29, 1.82) is 0 Å². The predicted octanol–water partition coefficient (Wildman–Crippen LogP) is 3.22. The third kappa shape index (κ3) is 2.97. The molecule has 0 unspecified atom stereocenters. The summed E-state index contributed by atoms with van der Waals surface area (Å²) >= 11 is 5.80. The molecule has 1 aromatic carbocycles. The Balaban J connectivity index is 3.08. The van der Waals surface area contributed by atoms with Crippen LogP contribution in [0, 0.1) is 12.7 Å². The maximum atomic E-state index is 13.6. The fraction of sp³-hybridized carbons (Fsp3) is 0.462. The van der Waals surface area contributed by atoms with E-state index < -0.39 is 11.4 Å². The lowest BCUT2D eigenvalue weighted by molar-refractivity contribution is 0.0655. The molecule has 1 amide bonds. The van der Waals surface area contributed by atoms with Gasteiger partial charge in [0.05, 0.1) is 11.1 Å². The van der Waals surface area contributed by atoms with Gasteiger partial charge in [-0.25, -0.2) is 4.39 Å². The van der Waals surface area contributed by atoms with E-state index in [-0.39, 0.29) is 11.5 Å². The maximum Gasteiger partial charge on any atom is 0.257 e. The fourth-order valence-corrected chi connectivity index (χ4v) is 1.53. The molecule has 0 saturated carbocycles. The summed E-state index contributed by atoms with van der Waals surface area (Å²) in [5, 5.41) is 0. The van der Waals surface area contributed by atoms with Gasteiger partial charge >= 0.3 is 0 Å². The van der Waals surface area contributed by atoms with Crippen molar-refractivity contribution in [3.8, 4) is 0 Å². The minimum absolute atomic E-state index is 0.0886. The molecule has 0 aliphatic heterocycles. The van der Waals surface area contributed by atoms with Gasteiger partial charge in [0.1, 0.15) is 5.82 Å². The highest BCUT2D eigenvalue weighted by Crippen LogP contribution is 2.19. The SMILES string of the molecule is Cc1ccc(F)c(C(=O)N(C)C(C)(C)CCl)c1. The molecule has 0 atom stereocenters. The van der Waals surface area contributed by atoms with E-state index in [9.17, 15) is 9.18 Å². The molecule has 0 bridgehead atoms. The third-order valence-electron chi connectivity index (χ3n) is 2.89. The highest BCUT2D eigenvalue weighted by atomic mass is 35.5. The van der Waals surface area contributed by atoms with Gasteiger partial charge in [-0.15, -0.1) is 11.6 Å². The average Bonchev–Trinajstić information content (AvgIpc) is 2.30. The number of halogens is 2. The van der Waals surface area contributed by atoms with Gasteiger partial charge in [-0.3, -0.25) is 4.79 Å². The summed E-state index contributed by atoms with van der Waals surface area (Å²) in [5.74, 6) is -0.558. The second kappa shape index (κ2) is 5.05.